The molecule has 0 saturated carbocycles. The van der Waals surface area contributed by atoms with Crippen LogP contribution in [0.3, 0.4) is 0 Å². The van der Waals surface area contributed by atoms with Gasteiger partial charge in [-0.1, -0.05) is 0 Å². The SMILES string of the molecule is CN(C(=O)CCCN1CCNCC1)c1cc[nH]c1. The number of anilines is 1. The van der Waals surface area contributed by atoms with Crippen LogP contribution >= 0.6 is 0 Å². The van der Waals surface area contributed by atoms with E-state index in [0.717, 1.165) is 44.8 Å². The predicted octanol–water partition coefficient (Wildman–Crippen LogP) is 0.663. The number of carbonyl (C=O) groups excluding carboxylic acids is 1. The van der Waals surface area contributed by atoms with Crippen LogP contribution < -0.4 is 10.2 Å². The molecule has 2 rings (SSSR count). The summed E-state index contributed by atoms with van der Waals surface area (Å²) in [5.41, 5.74) is 0.933. The molecule has 0 spiro atoms. The molecule has 2 heterocycles. The average molecular weight is 250 g/mol. The molecule has 0 bridgehead atoms. The molecule has 5 nitrogen and oxygen atoms in total. The number of amides is 1. The van der Waals surface area contributed by atoms with E-state index in [1.54, 1.807) is 4.90 Å². The van der Waals surface area contributed by atoms with Gasteiger partial charge in [0.05, 0.1) is 5.69 Å². The van der Waals surface area contributed by atoms with E-state index in [2.05, 4.69) is 15.2 Å². The monoisotopic (exact) mass is 250 g/mol. The fraction of sp³-hybridized carbons (Fsp3) is 0.615. The number of carbonyl (C=O) groups is 1. The molecule has 0 atom stereocenters. The molecule has 18 heavy (non-hydrogen) atoms. The summed E-state index contributed by atoms with van der Waals surface area (Å²) >= 11 is 0. The topological polar surface area (TPSA) is 51.4 Å². The Bertz CT molecular complexity index is 357. The van der Waals surface area contributed by atoms with E-state index in [0.29, 0.717) is 6.42 Å². The lowest BCUT2D eigenvalue weighted by Crippen LogP contribution is -2.43. The number of H-pyrrole nitrogens is 1. The van der Waals surface area contributed by atoms with Gasteiger partial charge in [0, 0.05) is 52.0 Å². The van der Waals surface area contributed by atoms with Crippen molar-refractivity contribution in [3.8, 4) is 0 Å². The number of rotatable bonds is 5. The van der Waals surface area contributed by atoms with E-state index in [-0.39, 0.29) is 5.91 Å². The van der Waals surface area contributed by atoms with E-state index in [9.17, 15) is 4.79 Å². The number of nitrogens with zero attached hydrogens (tertiary/aromatic N) is 2. The zero-order chi connectivity index (χ0) is 12.8. The Hall–Kier alpha value is -1.33. The third kappa shape index (κ3) is 3.58. The second kappa shape index (κ2) is 6.56. The Morgan fingerprint density at radius 2 is 2.22 bits per heavy atom. The predicted molar refractivity (Wildman–Crippen MR) is 72.7 cm³/mol. The maximum absolute atomic E-state index is 12.0. The van der Waals surface area contributed by atoms with Gasteiger partial charge in [-0.05, 0) is 19.0 Å². The molecule has 0 unspecified atom stereocenters. The maximum Gasteiger partial charge on any atom is 0.226 e. The molecule has 5 heteroatoms. The average Bonchev–Trinajstić information content (AvgIpc) is 2.93. The van der Waals surface area contributed by atoms with Crippen LogP contribution in [0.15, 0.2) is 18.5 Å². The second-order valence-corrected chi connectivity index (χ2v) is 4.72. The molecule has 100 valence electrons. The standard InChI is InChI=1S/C13H22N4O/c1-16(12-4-5-15-11-12)13(18)3-2-8-17-9-6-14-7-10-17/h4-5,11,14-15H,2-3,6-10H2,1H3. The van der Waals surface area contributed by atoms with Gasteiger partial charge in [0.25, 0.3) is 0 Å². The van der Waals surface area contributed by atoms with Crippen molar-refractivity contribution in [2.24, 2.45) is 0 Å². The second-order valence-electron chi connectivity index (χ2n) is 4.72. The van der Waals surface area contributed by atoms with Crippen molar-refractivity contribution in [1.82, 2.24) is 15.2 Å². The van der Waals surface area contributed by atoms with Crippen LogP contribution in [-0.4, -0.2) is 55.6 Å². The number of nitrogens with one attached hydrogen (secondary N) is 2. The lowest BCUT2D eigenvalue weighted by molar-refractivity contribution is -0.118. The molecular formula is C13H22N4O. The largest absolute Gasteiger partial charge is 0.366 e. The van der Waals surface area contributed by atoms with Crippen molar-refractivity contribution < 1.29 is 4.79 Å². The van der Waals surface area contributed by atoms with E-state index < -0.39 is 0 Å². The van der Waals surface area contributed by atoms with Gasteiger partial charge in [0.15, 0.2) is 0 Å². The van der Waals surface area contributed by atoms with Crippen LogP contribution in [0.2, 0.25) is 0 Å². The van der Waals surface area contributed by atoms with Gasteiger partial charge in [-0.3, -0.25) is 4.79 Å². The molecule has 1 fully saturated rings. The Morgan fingerprint density at radius 3 is 2.89 bits per heavy atom. The van der Waals surface area contributed by atoms with Crippen LogP contribution in [0.4, 0.5) is 5.69 Å². The first-order valence-electron chi connectivity index (χ1n) is 6.60. The lowest BCUT2D eigenvalue weighted by Gasteiger charge is -2.27. The summed E-state index contributed by atoms with van der Waals surface area (Å²) in [5, 5.41) is 3.33. The molecule has 1 aliphatic rings. The molecule has 1 aromatic heterocycles. The Morgan fingerprint density at radius 1 is 1.44 bits per heavy atom. The first kappa shape index (κ1) is 13.1. The summed E-state index contributed by atoms with van der Waals surface area (Å²) in [7, 11) is 1.83. The zero-order valence-corrected chi connectivity index (χ0v) is 11.0. The highest BCUT2D eigenvalue weighted by Gasteiger charge is 2.13. The van der Waals surface area contributed by atoms with E-state index in [1.807, 2.05) is 25.5 Å². The minimum atomic E-state index is 0.185. The molecule has 1 saturated heterocycles. The zero-order valence-electron chi connectivity index (χ0n) is 11.0. The van der Waals surface area contributed by atoms with Crippen molar-refractivity contribution in [1.29, 1.82) is 0 Å². The molecule has 0 radical (unpaired) electrons. The normalized spacial score (nSPS) is 16.7. The van der Waals surface area contributed by atoms with Crippen molar-refractivity contribution in [2.75, 3.05) is 44.7 Å². The van der Waals surface area contributed by atoms with Gasteiger partial charge in [-0.25, -0.2) is 0 Å². The fourth-order valence-electron chi connectivity index (χ4n) is 2.22. The van der Waals surface area contributed by atoms with Crippen LogP contribution in [0.1, 0.15) is 12.8 Å². The summed E-state index contributed by atoms with van der Waals surface area (Å²) in [6, 6.07) is 1.91. The Balaban J connectivity index is 1.68. The Kier molecular flexibility index (Phi) is 4.78. The maximum atomic E-state index is 12.0. The van der Waals surface area contributed by atoms with Gasteiger partial charge in [0.1, 0.15) is 0 Å². The highest BCUT2D eigenvalue weighted by molar-refractivity contribution is 5.92. The summed E-state index contributed by atoms with van der Waals surface area (Å²) in [5.74, 6) is 0.185. The molecule has 0 aliphatic carbocycles. The lowest BCUT2D eigenvalue weighted by atomic mass is 10.2. The molecule has 1 amide bonds. The third-order valence-electron chi connectivity index (χ3n) is 3.42. The van der Waals surface area contributed by atoms with Gasteiger partial charge < -0.3 is 20.1 Å². The van der Waals surface area contributed by atoms with Crippen LogP contribution in [0.5, 0.6) is 0 Å². The quantitative estimate of drug-likeness (QED) is 0.807. The number of hydrogen-bond donors (Lipinski definition) is 2. The summed E-state index contributed by atoms with van der Waals surface area (Å²) in [4.78, 5) is 19.1. The van der Waals surface area contributed by atoms with Gasteiger partial charge in [-0.2, -0.15) is 0 Å². The first-order valence-corrected chi connectivity index (χ1v) is 6.60. The molecular weight excluding hydrogens is 228 g/mol. The molecule has 1 aliphatic heterocycles. The molecule has 2 N–H and O–H groups in total. The van der Waals surface area contributed by atoms with Gasteiger partial charge in [0.2, 0.25) is 5.91 Å². The summed E-state index contributed by atoms with van der Waals surface area (Å²) in [6.07, 6.45) is 5.23. The van der Waals surface area contributed by atoms with Crippen molar-refractivity contribution in [2.45, 2.75) is 12.8 Å². The van der Waals surface area contributed by atoms with Crippen LogP contribution in [0, 0.1) is 0 Å². The van der Waals surface area contributed by atoms with E-state index >= 15 is 0 Å². The minimum Gasteiger partial charge on any atom is -0.366 e. The molecule has 0 aromatic carbocycles. The van der Waals surface area contributed by atoms with E-state index in [4.69, 9.17) is 0 Å². The Labute approximate surface area is 108 Å². The smallest absolute Gasteiger partial charge is 0.226 e. The summed E-state index contributed by atoms with van der Waals surface area (Å²) in [6.45, 7) is 5.35. The minimum absolute atomic E-state index is 0.185. The third-order valence-corrected chi connectivity index (χ3v) is 3.42. The number of aromatic amines is 1. The molecule has 1 aromatic rings. The number of piperazine rings is 1. The van der Waals surface area contributed by atoms with Crippen molar-refractivity contribution in [3.05, 3.63) is 18.5 Å². The fourth-order valence-corrected chi connectivity index (χ4v) is 2.22. The van der Waals surface area contributed by atoms with Crippen molar-refractivity contribution in [3.63, 3.8) is 0 Å². The highest BCUT2D eigenvalue weighted by Crippen LogP contribution is 2.12. The number of hydrogen-bond acceptors (Lipinski definition) is 3. The van der Waals surface area contributed by atoms with Gasteiger partial charge in [-0.15, -0.1) is 0 Å². The van der Waals surface area contributed by atoms with Crippen molar-refractivity contribution >= 4 is 11.6 Å². The summed E-state index contributed by atoms with van der Waals surface area (Å²) < 4.78 is 0. The highest BCUT2D eigenvalue weighted by atomic mass is 16.2. The van der Waals surface area contributed by atoms with Crippen LogP contribution in [-0.2, 0) is 4.79 Å². The van der Waals surface area contributed by atoms with E-state index in [1.165, 1.54) is 0 Å². The first-order chi connectivity index (χ1) is 8.77. The van der Waals surface area contributed by atoms with Gasteiger partial charge >= 0.3 is 0 Å². The van der Waals surface area contributed by atoms with Crippen LogP contribution in [0.25, 0.3) is 0 Å². The number of aromatic nitrogens is 1.